The van der Waals surface area contributed by atoms with E-state index in [-0.39, 0.29) is 17.3 Å². The third-order valence-corrected chi connectivity index (χ3v) is 5.08. The molecule has 0 spiro atoms. The molecule has 0 aliphatic heterocycles. The summed E-state index contributed by atoms with van der Waals surface area (Å²) in [6.07, 6.45) is 0. The smallest absolute Gasteiger partial charge is 0.158 e. The highest BCUT2D eigenvalue weighted by atomic mass is 32.2. The Morgan fingerprint density at radius 3 is 2.23 bits per heavy atom. The van der Waals surface area contributed by atoms with Crippen molar-refractivity contribution >= 4 is 20.6 Å². The molecule has 2 nitrogen and oxygen atoms in total. The van der Waals surface area contributed by atoms with Crippen molar-refractivity contribution in [3.8, 4) is 0 Å². The van der Waals surface area contributed by atoms with Gasteiger partial charge in [0, 0.05) is 0 Å². The molecule has 22 heavy (non-hydrogen) atoms. The molecule has 112 valence electrons. The number of hydrogen-bond donors (Lipinski definition) is 0. The maximum atomic E-state index is 12.9. The molecule has 0 N–H and O–H groups in total. The van der Waals surface area contributed by atoms with E-state index in [1.165, 1.54) is 24.3 Å². The summed E-state index contributed by atoms with van der Waals surface area (Å²) in [4.78, 5) is 0. The van der Waals surface area contributed by atoms with Crippen LogP contribution in [0.25, 0.3) is 10.8 Å². The van der Waals surface area contributed by atoms with Crippen molar-refractivity contribution in [3.63, 3.8) is 0 Å². The lowest BCUT2D eigenvalue weighted by molar-refractivity contribution is 0.594. The Balaban J connectivity index is 1.88. The predicted octanol–water partition coefficient (Wildman–Crippen LogP) is 4.09. The lowest BCUT2D eigenvalue weighted by atomic mass is 10.1. The third kappa shape index (κ3) is 3.34. The fraction of sp³-hybridized carbons (Fsp3) is 0.111. The van der Waals surface area contributed by atoms with Gasteiger partial charge in [0.15, 0.2) is 9.84 Å². The van der Waals surface area contributed by atoms with Crippen molar-refractivity contribution in [3.05, 3.63) is 83.7 Å². The van der Waals surface area contributed by atoms with Crippen LogP contribution in [0.4, 0.5) is 4.39 Å². The molecular weight excluding hydrogens is 299 g/mol. The summed E-state index contributed by atoms with van der Waals surface area (Å²) in [5.74, 6) is -0.474. The van der Waals surface area contributed by atoms with E-state index in [9.17, 15) is 12.8 Å². The first-order valence-electron chi connectivity index (χ1n) is 6.95. The second-order valence-electron chi connectivity index (χ2n) is 5.30. The Labute approximate surface area is 129 Å². The van der Waals surface area contributed by atoms with Gasteiger partial charge in [-0.15, -0.1) is 0 Å². The van der Waals surface area contributed by atoms with Crippen LogP contribution in [0, 0.1) is 5.82 Å². The monoisotopic (exact) mass is 314 g/mol. The third-order valence-electron chi connectivity index (χ3n) is 3.56. The maximum Gasteiger partial charge on any atom is 0.158 e. The molecule has 0 radical (unpaired) electrons. The molecule has 3 aromatic carbocycles. The number of hydrogen-bond acceptors (Lipinski definition) is 2. The normalized spacial score (nSPS) is 11.7. The molecule has 0 bridgehead atoms. The van der Waals surface area contributed by atoms with Gasteiger partial charge in [-0.3, -0.25) is 0 Å². The second kappa shape index (κ2) is 5.89. The van der Waals surface area contributed by atoms with Gasteiger partial charge in [-0.05, 0) is 34.0 Å². The van der Waals surface area contributed by atoms with E-state index in [0.717, 1.165) is 16.3 Å². The summed E-state index contributed by atoms with van der Waals surface area (Å²) in [5.41, 5.74) is 1.39. The average molecular weight is 314 g/mol. The molecule has 4 heteroatoms. The molecule has 0 aliphatic carbocycles. The van der Waals surface area contributed by atoms with Crippen LogP contribution in [0.1, 0.15) is 11.1 Å². The van der Waals surface area contributed by atoms with E-state index in [1.807, 2.05) is 42.5 Å². The molecule has 0 saturated carbocycles. The Bertz CT molecular complexity index is 895. The molecule has 0 aliphatic rings. The average Bonchev–Trinajstić information content (AvgIpc) is 2.49. The van der Waals surface area contributed by atoms with Crippen molar-refractivity contribution in [2.75, 3.05) is 0 Å². The summed E-state index contributed by atoms with van der Waals surface area (Å²) in [6.45, 7) is 0. The van der Waals surface area contributed by atoms with E-state index in [2.05, 4.69) is 0 Å². The molecule has 0 fully saturated rings. The highest BCUT2D eigenvalue weighted by Gasteiger charge is 2.15. The fourth-order valence-electron chi connectivity index (χ4n) is 2.54. The van der Waals surface area contributed by atoms with Gasteiger partial charge in [0.1, 0.15) is 5.82 Å². The van der Waals surface area contributed by atoms with Gasteiger partial charge >= 0.3 is 0 Å². The Morgan fingerprint density at radius 2 is 1.45 bits per heavy atom. The van der Waals surface area contributed by atoms with Crippen molar-refractivity contribution in [1.29, 1.82) is 0 Å². The van der Waals surface area contributed by atoms with E-state index in [1.54, 1.807) is 0 Å². The van der Waals surface area contributed by atoms with Crippen LogP contribution in [0.15, 0.2) is 66.7 Å². The van der Waals surface area contributed by atoms with E-state index < -0.39 is 9.84 Å². The highest BCUT2D eigenvalue weighted by Crippen LogP contribution is 2.22. The first-order chi connectivity index (χ1) is 10.5. The van der Waals surface area contributed by atoms with Gasteiger partial charge in [-0.1, -0.05) is 54.6 Å². The van der Waals surface area contributed by atoms with Crippen molar-refractivity contribution in [2.45, 2.75) is 11.5 Å². The molecule has 0 atom stereocenters. The van der Waals surface area contributed by atoms with Crippen LogP contribution in [0.3, 0.4) is 0 Å². The van der Waals surface area contributed by atoms with E-state index >= 15 is 0 Å². The number of halogens is 1. The Morgan fingerprint density at radius 1 is 0.773 bits per heavy atom. The number of rotatable bonds is 4. The number of fused-ring (bicyclic) bond motifs is 1. The van der Waals surface area contributed by atoms with Crippen LogP contribution >= 0.6 is 0 Å². The SMILES string of the molecule is O=S(=O)(Cc1ccc(F)cc1)Cc1cccc2ccccc12. The summed E-state index contributed by atoms with van der Waals surface area (Å²) >= 11 is 0. The van der Waals surface area contributed by atoms with Crippen LogP contribution in [-0.4, -0.2) is 8.42 Å². The Hall–Kier alpha value is -2.20. The topological polar surface area (TPSA) is 34.1 Å². The zero-order valence-electron chi connectivity index (χ0n) is 11.9. The van der Waals surface area contributed by atoms with E-state index in [4.69, 9.17) is 0 Å². The molecular formula is C18H15FO2S. The quantitative estimate of drug-likeness (QED) is 0.727. The van der Waals surface area contributed by atoms with Crippen molar-refractivity contribution in [2.24, 2.45) is 0 Å². The zero-order valence-corrected chi connectivity index (χ0v) is 12.7. The van der Waals surface area contributed by atoms with Crippen LogP contribution in [0.2, 0.25) is 0 Å². The van der Waals surface area contributed by atoms with Gasteiger partial charge in [0.2, 0.25) is 0 Å². The Kier molecular flexibility index (Phi) is 3.94. The number of sulfone groups is 1. The molecule has 3 rings (SSSR count). The fourth-order valence-corrected chi connectivity index (χ4v) is 4.07. The highest BCUT2D eigenvalue weighted by molar-refractivity contribution is 7.89. The predicted molar refractivity (Wildman–Crippen MR) is 86.7 cm³/mol. The summed E-state index contributed by atoms with van der Waals surface area (Å²) < 4.78 is 37.7. The minimum atomic E-state index is -3.31. The van der Waals surface area contributed by atoms with Crippen LogP contribution < -0.4 is 0 Å². The van der Waals surface area contributed by atoms with Crippen molar-refractivity contribution in [1.82, 2.24) is 0 Å². The molecule has 0 aromatic heterocycles. The first-order valence-corrected chi connectivity index (χ1v) is 8.77. The van der Waals surface area contributed by atoms with Gasteiger partial charge in [0.25, 0.3) is 0 Å². The standard InChI is InChI=1S/C18H15FO2S/c19-17-10-8-14(9-11-17)12-22(20,21)13-16-6-3-5-15-4-1-2-7-18(15)16/h1-11H,12-13H2. The molecule has 3 aromatic rings. The van der Waals surface area contributed by atoms with Crippen molar-refractivity contribution < 1.29 is 12.8 Å². The minimum Gasteiger partial charge on any atom is -0.228 e. The lowest BCUT2D eigenvalue weighted by Crippen LogP contribution is -2.08. The lowest BCUT2D eigenvalue weighted by Gasteiger charge is -2.08. The first kappa shape index (κ1) is 14.7. The molecule has 0 amide bonds. The zero-order chi connectivity index (χ0) is 15.6. The summed E-state index contributed by atoms with van der Waals surface area (Å²) in [5, 5.41) is 1.98. The summed E-state index contributed by atoms with van der Waals surface area (Å²) in [7, 11) is -3.31. The second-order valence-corrected chi connectivity index (χ2v) is 7.36. The van der Waals surface area contributed by atoms with Gasteiger partial charge in [-0.2, -0.15) is 0 Å². The van der Waals surface area contributed by atoms with Gasteiger partial charge < -0.3 is 0 Å². The van der Waals surface area contributed by atoms with Crippen LogP contribution in [-0.2, 0) is 21.3 Å². The number of benzene rings is 3. The summed E-state index contributed by atoms with van der Waals surface area (Å²) in [6, 6.07) is 19.0. The van der Waals surface area contributed by atoms with Crippen LogP contribution in [0.5, 0.6) is 0 Å². The maximum absolute atomic E-state index is 12.9. The van der Waals surface area contributed by atoms with Gasteiger partial charge in [-0.25, -0.2) is 12.8 Å². The molecule has 0 saturated heterocycles. The van der Waals surface area contributed by atoms with E-state index in [0.29, 0.717) is 5.56 Å². The van der Waals surface area contributed by atoms with Gasteiger partial charge in [0.05, 0.1) is 11.5 Å². The molecule has 0 heterocycles. The molecule has 0 unspecified atom stereocenters. The largest absolute Gasteiger partial charge is 0.228 e. The minimum absolute atomic E-state index is 0.0221.